The number of carbonyl (C=O) groups excluding carboxylic acids is 4. The molecule has 10 nitrogen and oxygen atoms in total. The standard InChI is InChI=1S/2C10H9O2.2C7H6O3.Ti/c2*1-8(11)7-10(12)9-5-3-2-4-6-9;2*8-6-3-1-5(2-4-6)7(9)10;/h2*2-7H,1H3;2*1-4,8H,(H,9,10);/q2*-1;;;/p-2. The summed E-state index contributed by atoms with van der Waals surface area (Å²) in [4.78, 5) is 63.9. The van der Waals surface area contributed by atoms with E-state index in [0.29, 0.717) is 11.1 Å². The number of hydrogen-bond donors (Lipinski definition) is 2. The second-order valence-corrected chi connectivity index (χ2v) is 8.63. The van der Waals surface area contributed by atoms with Gasteiger partial charge in [-0.1, -0.05) is 60.7 Å². The molecule has 45 heavy (non-hydrogen) atoms. The van der Waals surface area contributed by atoms with Crippen LogP contribution in [0, 0.1) is 12.8 Å². The summed E-state index contributed by atoms with van der Waals surface area (Å²) in [6, 6.07) is 27.5. The number of aromatic carboxylic acids is 2. The minimum atomic E-state index is -1.01. The van der Waals surface area contributed by atoms with Gasteiger partial charge in [0.2, 0.25) is 0 Å². The minimum Gasteiger partial charge on any atom is -0.872 e. The number of Topliss-reactive ketones (excluding diaryl/α,β-unsaturated/α-hetero) is 4. The molecule has 4 rings (SSSR count). The summed E-state index contributed by atoms with van der Waals surface area (Å²) in [5.41, 5.74) is 1.37. The summed E-state index contributed by atoms with van der Waals surface area (Å²) in [7, 11) is 0. The first-order chi connectivity index (χ1) is 20.8. The Labute approximate surface area is 274 Å². The van der Waals surface area contributed by atoms with E-state index in [-0.39, 0.29) is 67.5 Å². The van der Waals surface area contributed by atoms with Crippen LogP contribution in [-0.2, 0) is 31.3 Å². The van der Waals surface area contributed by atoms with E-state index in [0.717, 1.165) is 12.8 Å². The first-order valence-corrected chi connectivity index (χ1v) is 12.7. The fraction of sp³-hybridized carbons (Fsp3) is 0.0588. The molecule has 0 aliphatic rings. The molecule has 0 atom stereocenters. The molecular weight excluding hydrogens is 616 g/mol. The van der Waals surface area contributed by atoms with Gasteiger partial charge in [-0.25, -0.2) is 9.59 Å². The average molecular weight is 644 g/mol. The Bertz CT molecular complexity index is 1410. The molecule has 4 aromatic rings. The van der Waals surface area contributed by atoms with Crippen LogP contribution in [0.25, 0.3) is 0 Å². The number of ketones is 4. The van der Waals surface area contributed by atoms with Gasteiger partial charge >= 0.3 is 11.9 Å². The summed E-state index contributed by atoms with van der Waals surface area (Å²) in [6.45, 7) is 2.72. The predicted octanol–water partition coefficient (Wildman–Crippen LogP) is 4.24. The number of rotatable bonds is 8. The molecular formula is C34H28O10Ti-4. The third kappa shape index (κ3) is 17.3. The van der Waals surface area contributed by atoms with Crippen molar-refractivity contribution in [1.82, 2.24) is 0 Å². The quantitative estimate of drug-likeness (QED) is 0.121. The van der Waals surface area contributed by atoms with E-state index in [9.17, 15) is 39.0 Å². The second-order valence-electron chi connectivity index (χ2n) is 8.63. The van der Waals surface area contributed by atoms with Crippen LogP contribution in [-0.4, -0.2) is 45.3 Å². The van der Waals surface area contributed by atoms with Crippen molar-refractivity contribution < 1.29 is 70.9 Å². The first-order valence-electron chi connectivity index (χ1n) is 12.7. The summed E-state index contributed by atoms with van der Waals surface area (Å²) >= 11 is 0. The topological polar surface area (TPSA) is 189 Å². The van der Waals surface area contributed by atoms with E-state index < -0.39 is 11.9 Å². The van der Waals surface area contributed by atoms with Crippen LogP contribution in [0.4, 0.5) is 0 Å². The maximum Gasteiger partial charge on any atom is 0.335 e. The van der Waals surface area contributed by atoms with Crippen LogP contribution < -0.4 is 10.2 Å². The van der Waals surface area contributed by atoms with Crippen LogP contribution in [0.3, 0.4) is 0 Å². The normalized spacial score (nSPS) is 8.93. The molecule has 0 amide bonds. The Hall–Kier alpha value is -5.45. The van der Waals surface area contributed by atoms with Crippen molar-refractivity contribution >= 4 is 35.1 Å². The zero-order valence-electron chi connectivity index (χ0n) is 24.2. The summed E-state index contributed by atoms with van der Waals surface area (Å²) in [6.07, 6.45) is 2.19. The summed E-state index contributed by atoms with van der Waals surface area (Å²) in [5.74, 6) is -3.28. The molecule has 0 radical (unpaired) electrons. The summed E-state index contributed by atoms with van der Waals surface area (Å²) in [5, 5.41) is 37.6. The van der Waals surface area contributed by atoms with Crippen molar-refractivity contribution in [3.8, 4) is 11.5 Å². The molecule has 0 heterocycles. The van der Waals surface area contributed by atoms with Crippen molar-refractivity contribution in [3.63, 3.8) is 0 Å². The van der Waals surface area contributed by atoms with Crippen molar-refractivity contribution in [2.24, 2.45) is 0 Å². The van der Waals surface area contributed by atoms with Crippen LogP contribution in [0.2, 0.25) is 0 Å². The van der Waals surface area contributed by atoms with Gasteiger partial charge in [-0.15, -0.1) is 59.7 Å². The Morgan fingerprint density at radius 2 is 0.733 bits per heavy atom. The molecule has 0 spiro atoms. The Morgan fingerprint density at radius 1 is 0.467 bits per heavy atom. The molecule has 0 fully saturated rings. The first kappa shape index (κ1) is 39.6. The molecule has 11 heteroatoms. The number of hydrogen-bond acceptors (Lipinski definition) is 8. The van der Waals surface area contributed by atoms with Gasteiger partial charge in [0.1, 0.15) is 0 Å². The average Bonchev–Trinajstić information content (AvgIpc) is 2.99. The molecule has 2 N–H and O–H groups in total. The van der Waals surface area contributed by atoms with E-state index in [1.807, 2.05) is 12.1 Å². The Kier molecular flexibility index (Phi) is 18.7. The maximum atomic E-state index is 11.2. The van der Waals surface area contributed by atoms with Crippen LogP contribution >= 0.6 is 0 Å². The number of carbonyl (C=O) groups is 6. The molecule has 0 bridgehead atoms. The fourth-order valence-corrected chi connectivity index (χ4v) is 2.94. The van der Waals surface area contributed by atoms with E-state index in [4.69, 9.17) is 10.2 Å². The van der Waals surface area contributed by atoms with Crippen LogP contribution in [0.15, 0.2) is 109 Å². The monoisotopic (exact) mass is 644 g/mol. The van der Waals surface area contributed by atoms with Crippen molar-refractivity contribution in [2.45, 2.75) is 13.8 Å². The van der Waals surface area contributed by atoms with E-state index in [1.54, 1.807) is 48.5 Å². The Morgan fingerprint density at radius 3 is 0.956 bits per heavy atom. The van der Waals surface area contributed by atoms with Crippen molar-refractivity contribution in [2.75, 3.05) is 0 Å². The minimum absolute atomic E-state index is 0. The van der Waals surface area contributed by atoms with Gasteiger partial charge in [-0.05, 0) is 38.1 Å². The fourth-order valence-electron chi connectivity index (χ4n) is 2.94. The third-order valence-electron chi connectivity index (χ3n) is 4.99. The maximum absolute atomic E-state index is 11.2. The van der Waals surface area contributed by atoms with E-state index in [2.05, 4.69) is 0 Å². The van der Waals surface area contributed by atoms with Crippen molar-refractivity contribution in [3.05, 3.63) is 144 Å². The van der Waals surface area contributed by atoms with Gasteiger partial charge < -0.3 is 39.6 Å². The zero-order chi connectivity index (χ0) is 33.1. The smallest absolute Gasteiger partial charge is 0.335 e. The van der Waals surface area contributed by atoms with Crippen LogP contribution in [0.1, 0.15) is 55.3 Å². The SMILES string of the molecule is CC(=O)[CH-]C(=O)c1ccccc1.CC(=O)[CH-]C(=O)c1ccccc1.O=C(O)c1ccc([O-])cc1.O=C(O)c1ccc([O-])cc1.[Ti]. The molecule has 0 aliphatic heterocycles. The number of carboxylic acid groups (broad SMARTS) is 2. The third-order valence-corrected chi connectivity index (χ3v) is 4.99. The van der Waals surface area contributed by atoms with Gasteiger partial charge in [0, 0.05) is 33.3 Å². The van der Waals surface area contributed by atoms with Crippen molar-refractivity contribution in [1.29, 1.82) is 0 Å². The van der Waals surface area contributed by atoms with Gasteiger partial charge in [0.25, 0.3) is 0 Å². The Balaban J connectivity index is 0.000000571. The molecule has 0 saturated carbocycles. The van der Waals surface area contributed by atoms with Gasteiger partial charge in [0.05, 0.1) is 22.7 Å². The van der Waals surface area contributed by atoms with Crippen LogP contribution in [0.5, 0.6) is 11.5 Å². The van der Waals surface area contributed by atoms with Gasteiger partial charge in [-0.3, -0.25) is 0 Å². The van der Waals surface area contributed by atoms with E-state index in [1.165, 1.54) is 62.4 Å². The van der Waals surface area contributed by atoms with E-state index >= 15 is 0 Å². The second kappa shape index (κ2) is 21.3. The largest absolute Gasteiger partial charge is 0.872 e. The molecule has 232 valence electrons. The molecule has 4 aromatic carbocycles. The molecule has 0 aromatic heterocycles. The number of benzene rings is 4. The summed E-state index contributed by atoms with van der Waals surface area (Å²) < 4.78 is 0. The zero-order valence-corrected chi connectivity index (χ0v) is 25.8. The molecule has 0 saturated heterocycles. The predicted molar refractivity (Wildman–Crippen MR) is 157 cm³/mol. The number of carboxylic acids is 2. The van der Waals surface area contributed by atoms with Gasteiger partial charge in [-0.2, -0.15) is 0 Å². The molecule has 0 aliphatic carbocycles. The van der Waals surface area contributed by atoms with Gasteiger partial charge in [0.15, 0.2) is 0 Å². The molecule has 0 unspecified atom stereocenters.